The van der Waals surface area contributed by atoms with Gasteiger partial charge >= 0.3 is 0 Å². The van der Waals surface area contributed by atoms with Crippen molar-refractivity contribution in [2.45, 2.75) is 13.0 Å². The van der Waals surface area contributed by atoms with Gasteiger partial charge in [-0.05, 0) is 30.2 Å². The molecule has 0 saturated carbocycles. The zero-order valence-corrected chi connectivity index (χ0v) is 10.6. The van der Waals surface area contributed by atoms with Crippen LogP contribution in [-0.2, 0) is 13.0 Å². The van der Waals surface area contributed by atoms with Crippen molar-refractivity contribution in [1.82, 2.24) is 9.55 Å². The van der Waals surface area contributed by atoms with Gasteiger partial charge in [0.05, 0.1) is 10.5 Å². The highest BCUT2D eigenvalue weighted by Gasteiger charge is 2.04. The van der Waals surface area contributed by atoms with E-state index in [0.717, 1.165) is 23.5 Å². The SMILES string of the molecule is Clc1cccc2ccn(CCc3cccnc3)c12. The first-order valence-corrected chi connectivity index (χ1v) is 6.34. The topological polar surface area (TPSA) is 17.8 Å². The van der Waals surface area contributed by atoms with Gasteiger partial charge in [0.1, 0.15) is 0 Å². The number of hydrogen-bond donors (Lipinski definition) is 0. The third-order valence-electron chi connectivity index (χ3n) is 3.10. The van der Waals surface area contributed by atoms with E-state index >= 15 is 0 Å². The van der Waals surface area contributed by atoms with Crippen LogP contribution in [0.1, 0.15) is 5.56 Å². The highest BCUT2D eigenvalue weighted by atomic mass is 35.5. The van der Waals surface area contributed by atoms with Gasteiger partial charge in [-0.3, -0.25) is 4.98 Å². The predicted molar refractivity (Wildman–Crippen MR) is 74.9 cm³/mol. The minimum Gasteiger partial charge on any atom is -0.346 e. The van der Waals surface area contributed by atoms with Crippen LogP contribution in [0.4, 0.5) is 0 Å². The van der Waals surface area contributed by atoms with E-state index in [9.17, 15) is 0 Å². The molecule has 0 N–H and O–H groups in total. The summed E-state index contributed by atoms with van der Waals surface area (Å²) in [6, 6.07) is 12.2. The van der Waals surface area contributed by atoms with Crippen molar-refractivity contribution >= 4 is 22.5 Å². The summed E-state index contributed by atoms with van der Waals surface area (Å²) in [5, 5.41) is 2.00. The zero-order chi connectivity index (χ0) is 12.4. The number of rotatable bonds is 3. The van der Waals surface area contributed by atoms with Gasteiger partial charge in [0.15, 0.2) is 0 Å². The molecule has 0 aliphatic carbocycles. The average molecular weight is 257 g/mol. The first-order valence-electron chi connectivity index (χ1n) is 5.97. The van der Waals surface area contributed by atoms with E-state index < -0.39 is 0 Å². The molecule has 0 unspecified atom stereocenters. The molecular formula is C15H13ClN2. The van der Waals surface area contributed by atoms with Gasteiger partial charge in [-0.2, -0.15) is 0 Å². The molecular weight excluding hydrogens is 244 g/mol. The van der Waals surface area contributed by atoms with E-state index in [4.69, 9.17) is 11.6 Å². The van der Waals surface area contributed by atoms with E-state index in [2.05, 4.69) is 33.9 Å². The number of fused-ring (bicyclic) bond motifs is 1. The Bertz CT molecular complexity index is 659. The number of halogens is 1. The summed E-state index contributed by atoms with van der Waals surface area (Å²) in [4.78, 5) is 4.13. The van der Waals surface area contributed by atoms with Crippen molar-refractivity contribution < 1.29 is 0 Å². The summed E-state index contributed by atoms with van der Waals surface area (Å²) in [6.45, 7) is 0.916. The third-order valence-corrected chi connectivity index (χ3v) is 3.41. The summed E-state index contributed by atoms with van der Waals surface area (Å²) in [6.07, 6.45) is 6.76. The van der Waals surface area contributed by atoms with Gasteiger partial charge in [0, 0.05) is 30.5 Å². The molecule has 3 heteroatoms. The summed E-state index contributed by atoms with van der Waals surface area (Å²) < 4.78 is 2.20. The molecule has 3 rings (SSSR count). The van der Waals surface area contributed by atoms with Crippen molar-refractivity contribution in [3.05, 3.63) is 65.6 Å². The lowest BCUT2D eigenvalue weighted by molar-refractivity contribution is 0.721. The Morgan fingerprint density at radius 1 is 1.11 bits per heavy atom. The van der Waals surface area contributed by atoms with Crippen LogP contribution in [-0.4, -0.2) is 9.55 Å². The lowest BCUT2D eigenvalue weighted by atomic mass is 10.2. The van der Waals surface area contributed by atoms with Gasteiger partial charge in [-0.1, -0.05) is 29.8 Å². The summed E-state index contributed by atoms with van der Waals surface area (Å²) >= 11 is 6.25. The number of para-hydroxylation sites is 1. The molecule has 0 spiro atoms. The molecule has 2 heterocycles. The minimum atomic E-state index is 0.809. The van der Waals surface area contributed by atoms with Crippen LogP contribution in [0.5, 0.6) is 0 Å². The van der Waals surface area contributed by atoms with E-state index in [-0.39, 0.29) is 0 Å². The molecule has 0 saturated heterocycles. The summed E-state index contributed by atoms with van der Waals surface area (Å²) in [5.41, 5.74) is 2.36. The number of aromatic nitrogens is 2. The molecule has 0 aliphatic heterocycles. The Balaban J connectivity index is 1.87. The number of aryl methyl sites for hydroxylation is 2. The number of hydrogen-bond acceptors (Lipinski definition) is 1. The van der Waals surface area contributed by atoms with Gasteiger partial charge in [0.25, 0.3) is 0 Å². The molecule has 0 atom stereocenters. The van der Waals surface area contributed by atoms with Crippen LogP contribution >= 0.6 is 11.6 Å². The van der Waals surface area contributed by atoms with E-state index in [0.29, 0.717) is 0 Å². The van der Waals surface area contributed by atoms with Crippen LogP contribution in [0.3, 0.4) is 0 Å². The molecule has 3 aromatic rings. The van der Waals surface area contributed by atoms with Gasteiger partial charge in [-0.25, -0.2) is 0 Å². The molecule has 90 valence electrons. The second kappa shape index (κ2) is 4.83. The largest absolute Gasteiger partial charge is 0.346 e. The van der Waals surface area contributed by atoms with Crippen molar-refractivity contribution in [3.63, 3.8) is 0 Å². The van der Waals surface area contributed by atoms with E-state index in [1.165, 1.54) is 10.9 Å². The van der Waals surface area contributed by atoms with Crippen molar-refractivity contribution in [1.29, 1.82) is 0 Å². The second-order valence-corrected chi connectivity index (χ2v) is 4.71. The predicted octanol–water partition coefficient (Wildman–Crippen LogP) is 3.93. The van der Waals surface area contributed by atoms with Crippen molar-refractivity contribution in [2.75, 3.05) is 0 Å². The van der Waals surface area contributed by atoms with Crippen LogP contribution in [0.15, 0.2) is 55.0 Å². The van der Waals surface area contributed by atoms with Crippen LogP contribution < -0.4 is 0 Å². The standard InChI is InChI=1S/C15H13ClN2/c16-14-5-1-4-13-7-10-18(15(13)14)9-6-12-3-2-8-17-11-12/h1-5,7-8,10-11H,6,9H2. The number of nitrogens with zero attached hydrogens (tertiary/aromatic N) is 2. The van der Waals surface area contributed by atoms with E-state index in [1.807, 2.05) is 24.4 Å². The Hall–Kier alpha value is -1.80. The Morgan fingerprint density at radius 3 is 2.89 bits per heavy atom. The average Bonchev–Trinajstić information content (AvgIpc) is 2.82. The Labute approximate surface area is 111 Å². The fourth-order valence-corrected chi connectivity index (χ4v) is 2.49. The third kappa shape index (κ3) is 2.12. The minimum absolute atomic E-state index is 0.809. The van der Waals surface area contributed by atoms with Gasteiger partial charge in [-0.15, -0.1) is 0 Å². The quantitative estimate of drug-likeness (QED) is 0.694. The number of benzene rings is 1. The highest BCUT2D eigenvalue weighted by Crippen LogP contribution is 2.24. The molecule has 0 bridgehead atoms. The molecule has 0 amide bonds. The normalized spacial score (nSPS) is 10.9. The lowest BCUT2D eigenvalue weighted by Gasteiger charge is -2.06. The van der Waals surface area contributed by atoms with Crippen molar-refractivity contribution in [3.8, 4) is 0 Å². The first-order chi connectivity index (χ1) is 8.84. The summed E-state index contributed by atoms with van der Waals surface area (Å²) in [5.74, 6) is 0. The molecule has 2 nitrogen and oxygen atoms in total. The number of pyridine rings is 1. The van der Waals surface area contributed by atoms with Crippen LogP contribution in [0.2, 0.25) is 5.02 Å². The van der Waals surface area contributed by atoms with Gasteiger partial charge in [0.2, 0.25) is 0 Å². The second-order valence-electron chi connectivity index (χ2n) is 4.30. The highest BCUT2D eigenvalue weighted by molar-refractivity contribution is 6.35. The van der Waals surface area contributed by atoms with Crippen LogP contribution in [0, 0.1) is 0 Å². The maximum absolute atomic E-state index is 6.25. The molecule has 0 radical (unpaired) electrons. The maximum atomic E-state index is 6.25. The molecule has 18 heavy (non-hydrogen) atoms. The Kier molecular flexibility index (Phi) is 3.03. The molecule has 0 aliphatic rings. The van der Waals surface area contributed by atoms with Gasteiger partial charge < -0.3 is 4.57 Å². The lowest BCUT2D eigenvalue weighted by Crippen LogP contribution is -2.00. The van der Waals surface area contributed by atoms with E-state index in [1.54, 1.807) is 6.20 Å². The fourth-order valence-electron chi connectivity index (χ4n) is 2.20. The first kappa shape index (κ1) is 11.3. The molecule has 0 fully saturated rings. The maximum Gasteiger partial charge on any atom is 0.0669 e. The summed E-state index contributed by atoms with van der Waals surface area (Å²) in [7, 11) is 0. The van der Waals surface area contributed by atoms with Crippen LogP contribution in [0.25, 0.3) is 10.9 Å². The van der Waals surface area contributed by atoms with Crippen molar-refractivity contribution in [2.24, 2.45) is 0 Å². The molecule has 1 aromatic carbocycles. The monoisotopic (exact) mass is 256 g/mol. The fraction of sp³-hybridized carbons (Fsp3) is 0.133. The zero-order valence-electron chi connectivity index (χ0n) is 9.88. The Morgan fingerprint density at radius 2 is 2.06 bits per heavy atom. The molecule has 2 aromatic heterocycles. The smallest absolute Gasteiger partial charge is 0.0669 e.